The highest BCUT2D eigenvalue weighted by molar-refractivity contribution is 5.91. The summed E-state index contributed by atoms with van der Waals surface area (Å²) in [5.74, 6) is 0.473. The van der Waals surface area contributed by atoms with Crippen molar-refractivity contribution in [3.05, 3.63) is 42.7 Å². The zero-order chi connectivity index (χ0) is 15.1. The normalized spacial score (nSPS) is 10.6. The molecule has 2 aromatic rings. The van der Waals surface area contributed by atoms with E-state index in [-0.39, 0.29) is 12.5 Å². The second-order valence-electron chi connectivity index (χ2n) is 4.95. The Morgan fingerprint density at radius 2 is 2.10 bits per heavy atom. The topological polar surface area (TPSA) is 59.4 Å². The van der Waals surface area contributed by atoms with Crippen molar-refractivity contribution in [3.8, 4) is 5.75 Å². The fraction of sp³-hybridized carbons (Fsp3) is 0.333. The summed E-state index contributed by atoms with van der Waals surface area (Å²) in [5.41, 5.74) is 0.676. The number of ether oxygens (including phenoxy) is 1. The third kappa shape index (κ3) is 5.27. The van der Waals surface area contributed by atoms with Crippen LogP contribution in [0, 0.1) is 0 Å². The standard InChI is InChI=1S/C15H20N4O2/c1-18(2)8-9-19-11-13(10-16-19)17-15(20)12-21-14-6-4-3-5-7-14/h3-7,10-11H,8-9,12H2,1-2H3,(H,17,20). The average molecular weight is 288 g/mol. The van der Waals surface area contributed by atoms with Gasteiger partial charge in [-0.05, 0) is 26.2 Å². The Labute approximate surface area is 124 Å². The number of hydrogen-bond acceptors (Lipinski definition) is 4. The average Bonchev–Trinajstić information content (AvgIpc) is 2.91. The minimum Gasteiger partial charge on any atom is -0.484 e. The van der Waals surface area contributed by atoms with Crippen molar-refractivity contribution < 1.29 is 9.53 Å². The summed E-state index contributed by atoms with van der Waals surface area (Å²) >= 11 is 0. The second-order valence-corrected chi connectivity index (χ2v) is 4.95. The molecule has 0 aliphatic rings. The molecule has 0 saturated heterocycles. The molecule has 0 unspecified atom stereocenters. The number of hydrogen-bond donors (Lipinski definition) is 1. The largest absolute Gasteiger partial charge is 0.484 e. The quantitative estimate of drug-likeness (QED) is 0.838. The summed E-state index contributed by atoms with van der Waals surface area (Å²) in [7, 11) is 4.01. The summed E-state index contributed by atoms with van der Waals surface area (Å²) in [6, 6.07) is 9.25. The lowest BCUT2D eigenvalue weighted by Crippen LogP contribution is -2.20. The first-order valence-corrected chi connectivity index (χ1v) is 6.78. The SMILES string of the molecule is CN(C)CCn1cc(NC(=O)COc2ccccc2)cn1. The Morgan fingerprint density at radius 3 is 2.81 bits per heavy atom. The maximum atomic E-state index is 11.8. The van der Waals surface area contributed by atoms with Gasteiger partial charge in [-0.25, -0.2) is 0 Å². The lowest BCUT2D eigenvalue weighted by atomic mass is 10.3. The Balaban J connectivity index is 1.77. The van der Waals surface area contributed by atoms with Crippen molar-refractivity contribution in [2.75, 3.05) is 32.6 Å². The molecule has 0 radical (unpaired) electrons. The van der Waals surface area contributed by atoms with Gasteiger partial charge in [0.05, 0.1) is 18.4 Å². The number of para-hydroxylation sites is 1. The van der Waals surface area contributed by atoms with Crippen LogP contribution in [0.15, 0.2) is 42.7 Å². The summed E-state index contributed by atoms with van der Waals surface area (Å²) in [4.78, 5) is 13.9. The van der Waals surface area contributed by atoms with Crippen LogP contribution < -0.4 is 10.1 Å². The molecule has 6 heteroatoms. The summed E-state index contributed by atoms with van der Waals surface area (Å²) < 4.78 is 7.18. The van der Waals surface area contributed by atoms with Gasteiger partial charge in [0.15, 0.2) is 6.61 Å². The number of benzene rings is 1. The zero-order valence-electron chi connectivity index (χ0n) is 12.3. The van der Waals surface area contributed by atoms with E-state index in [1.54, 1.807) is 10.9 Å². The van der Waals surface area contributed by atoms with E-state index in [1.165, 1.54) is 0 Å². The van der Waals surface area contributed by atoms with Gasteiger partial charge in [-0.2, -0.15) is 5.10 Å². The molecule has 1 aromatic heterocycles. The van der Waals surface area contributed by atoms with Gasteiger partial charge in [-0.1, -0.05) is 18.2 Å². The lowest BCUT2D eigenvalue weighted by Gasteiger charge is -2.08. The molecular formula is C15H20N4O2. The van der Waals surface area contributed by atoms with Crippen LogP contribution in [0.5, 0.6) is 5.75 Å². The number of likely N-dealkylation sites (N-methyl/N-ethyl adjacent to an activating group) is 1. The monoisotopic (exact) mass is 288 g/mol. The Hall–Kier alpha value is -2.34. The van der Waals surface area contributed by atoms with Gasteiger partial charge in [0, 0.05) is 12.7 Å². The van der Waals surface area contributed by atoms with Crippen LogP contribution >= 0.6 is 0 Å². The van der Waals surface area contributed by atoms with Gasteiger partial charge in [0.1, 0.15) is 5.75 Å². The molecule has 2 rings (SSSR count). The van der Waals surface area contributed by atoms with Crippen LogP contribution in [0.2, 0.25) is 0 Å². The van der Waals surface area contributed by atoms with E-state index in [0.717, 1.165) is 13.1 Å². The van der Waals surface area contributed by atoms with Crippen LogP contribution in [0.25, 0.3) is 0 Å². The van der Waals surface area contributed by atoms with E-state index in [2.05, 4.69) is 15.3 Å². The first-order valence-electron chi connectivity index (χ1n) is 6.78. The molecule has 0 bridgehead atoms. The van der Waals surface area contributed by atoms with Gasteiger partial charge < -0.3 is 15.0 Å². The van der Waals surface area contributed by atoms with Gasteiger partial charge in [-0.15, -0.1) is 0 Å². The van der Waals surface area contributed by atoms with E-state index in [1.807, 2.05) is 50.6 Å². The maximum absolute atomic E-state index is 11.8. The van der Waals surface area contributed by atoms with E-state index < -0.39 is 0 Å². The van der Waals surface area contributed by atoms with Crippen LogP contribution in [0.1, 0.15) is 0 Å². The van der Waals surface area contributed by atoms with Gasteiger partial charge in [0.25, 0.3) is 5.91 Å². The first-order chi connectivity index (χ1) is 10.1. The van der Waals surface area contributed by atoms with E-state index in [4.69, 9.17) is 4.74 Å². The number of rotatable bonds is 7. The van der Waals surface area contributed by atoms with Gasteiger partial charge in [-0.3, -0.25) is 9.48 Å². The molecule has 1 N–H and O–H groups in total. The summed E-state index contributed by atoms with van der Waals surface area (Å²) in [5, 5.41) is 6.95. The van der Waals surface area contributed by atoms with E-state index in [0.29, 0.717) is 11.4 Å². The van der Waals surface area contributed by atoms with Crippen molar-refractivity contribution in [1.82, 2.24) is 14.7 Å². The molecule has 6 nitrogen and oxygen atoms in total. The summed E-state index contributed by atoms with van der Waals surface area (Å²) in [6.45, 7) is 1.66. The molecule has 1 amide bonds. The Bertz CT molecular complexity index is 566. The Kier molecular flexibility index (Phi) is 5.34. The molecule has 0 aliphatic carbocycles. The van der Waals surface area contributed by atoms with E-state index in [9.17, 15) is 4.79 Å². The summed E-state index contributed by atoms with van der Waals surface area (Å²) in [6.07, 6.45) is 3.44. The highest BCUT2D eigenvalue weighted by Crippen LogP contribution is 2.09. The number of aromatic nitrogens is 2. The van der Waals surface area contributed by atoms with Crippen molar-refractivity contribution in [3.63, 3.8) is 0 Å². The molecule has 0 atom stereocenters. The van der Waals surface area contributed by atoms with Crippen LogP contribution in [0.3, 0.4) is 0 Å². The number of anilines is 1. The molecule has 0 fully saturated rings. The van der Waals surface area contributed by atoms with E-state index >= 15 is 0 Å². The zero-order valence-corrected chi connectivity index (χ0v) is 12.3. The number of carbonyl (C=O) groups is 1. The van der Waals surface area contributed by atoms with Crippen molar-refractivity contribution in [1.29, 1.82) is 0 Å². The number of nitrogens with zero attached hydrogens (tertiary/aromatic N) is 3. The molecular weight excluding hydrogens is 268 g/mol. The van der Waals surface area contributed by atoms with Crippen molar-refractivity contribution in [2.45, 2.75) is 6.54 Å². The molecule has 21 heavy (non-hydrogen) atoms. The molecule has 112 valence electrons. The molecule has 0 aliphatic heterocycles. The smallest absolute Gasteiger partial charge is 0.262 e. The van der Waals surface area contributed by atoms with Crippen LogP contribution in [0.4, 0.5) is 5.69 Å². The van der Waals surface area contributed by atoms with Crippen molar-refractivity contribution >= 4 is 11.6 Å². The minimum absolute atomic E-state index is 0.0209. The lowest BCUT2D eigenvalue weighted by molar-refractivity contribution is -0.118. The molecule has 0 saturated carbocycles. The Morgan fingerprint density at radius 1 is 1.33 bits per heavy atom. The second kappa shape index (κ2) is 7.44. The van der Waals surface area contributed by atoms with Gasteiger partial charge in [0.2, 0.25) is 0 Å². The number of amides is 1. The number of nitrogens with one attached hydrogen (secondary N) is 1. The van der Waals surface area contributed by atoms with Crippen LogP contribution in [-0.4, -0.2) is 47.8 Å². The highest BCUT2D eigenvalue weighted by atomic mass is 16.5. The maximum Gasteiger partial charge on any atom is 0.262 e. The predicted molar refractivity (Wildman–Crippen MR) is 81.3 cm³/mol. The third-order valence-corrected chi connectivity index (χ3v) is 2.81. The molecule has 0 spiro atoms. The van der Waals surface area contributed by atoms with Gasteiger partial charge >= 0.3 is 0 Å². The third-order valence-electron chi connectivity index (χ3n) is 2.81. The first kappa shape index (κ1) is 15.1. The fourth-order valence-corrected chi connectivity index (χ4v) is 1.72. The van der Waals surface area contributed by atoms with Crippen molar-refractivity contribution in [2.24, 2.45) is 0 Å². The molecule has 1 heterocycles. The fourth-order valence-electron chi connectivity index (χ4n) is 1.72. The number of carbonyl (C=O) groups excluding carboxylic acids is 1. The highest BCUT2D eigenvalue weighted by Gasteiger charge is 2.05. The molecule has 1 aromatic carbocycles. The minimum atomic E-state index is -0.203. The predicted octanol–water partition coefficient (Wildman–Crippen LogP) is 1.46. The van der Waals surface area contributed by atoms with Crippen LogP contribution in [-0.2, 0) is 11.3 Å².